The van der Waals surface area contributed by atoms with Crippen molar-refractivity contribution in [3.05, 3.63) is 100 Å². The van der Waals surface area contributed by atoms with Crippen LogP contribution in [0.2, 0.25) is 0 Å². The highest BCUT2D eigenvalue weighted by Crippen LogP contribution is 2.32. The minimum atomic E-state index is 0.0929. The highest BCUT2D eigenvalue weighted by molar-refractivity contribution is 5.78. The van der Waals surface area contributed by atoms with Crippen LogP contribution in [0.5, 0.6) is 0 Å². The third-order valence-corrected chi connectivity index (χ3v) is 6.79. The Bertz CT molecular complexity index is 1110. The van der Waals surface area contributed by atoms with E-state index >= 15 is 0 Å². The molecular formula is C35H48N2O. The highest BCUT2D eigenvalue weighted by Gasteiger charge is 2.23. The van der Waals surface area contributed by atoms with E-state index in [-0.39, 0.29) is 6.61 Å². The summed E-state index contributed by atoms with van der Waals surface area (Å²) in [5.41, 5.74) is 10.0. The van der Waals surface area contributed by atoms with Gasteiger partial charge in [0.2, 0.25) is 0 Å². The van der Waals surface area contributed by atoms with E-state index in [1.807, 2.05) is 25.1 Å². The van der Waals surface area contributed by atoms with Gasteiger partial charge in [-0.3, -0.25) is 4.99 Å². The van der Waals surface area contributed by atoms with E-state index in [0.29, 0.717) is 12.1 Å². The van der Waals surface area contributed by atoms with Gasteiger partial charge in [0.15, 0.2) is 0 Å². The predicted molar refractivity (Wildman–Crippen MR) is 168 cm³/mol. The van der Waals surface area contributed by atoms with E-state index in [9.17, 15) is 5.11 Å². The average Bonchev–Trinajstić information content (AvgIpc) is 3.31. The zero-order valence-corrected chi connectivity index (χ0v) is 24.5. The van der Waals surface area contributed by atoms with Crippen LogP contribution >= 0.6 is 0 Å². The molecule has 0 bridgehead atoms. The molecule has 38 heavy (non-hydrogen) atoms. The Kier molecular flexibility index (Phi) is 15.7. The van der Waals surface area contributed by atoms with E-state index < -0.39 is 0 Å². The first-order chi connectivity index (χ1) is 18.3. The van der Waals surface area contributed by atoms with Gasteiger partial charge in [0.05, 0.1) is 13.2 Å². The quantitative estimate of drug-likeness (QED) is 0.191. The zero-order valence-electron chi connectivity index (χ0n) is 24.5. The Morgan fingerprint density at radius 1 is 1.18 bits per heavy atom. The predicted octanol–water partition coefficient (Wildman–Crippen LogP) is 8.23. The maximum atomic E-state index is 9.17. The number of allylic oxidation sites excluding steroid dienone is 5. The van der Waals surface area contributed by atoms with Crippen LogP contribution < -0.4 is 5.32 Å². The lowest BCUT2D eigenvalue weighted by Gasteiger charge is -2.21. The van der Waals surface area contributed by atoms with Gasteiger partial charge in [-0.2, -0.15) is 0 Å². The van der Waals surface area contributed by atoms with Crippen LogP contribution in [0.15, 0.2) is 66.2 Å². The topological polar surface area (TPSA) is 44.6 Å². The Labute approximate surface area is 232 Å². The van der Waals surface area contributed by atoms with Crippen molar-refractivity contribution in [2.24, 2.45) is 4.99 Å². The number of aliphatic hydroxyl groups is 1. The van der Waals surface area contributed by atoms with E-state index in [1.165, 1.54) is 64.6 Å². The normalized spacial score (nSPS) is 14.2. The zero-order chi connectivity index (χ0) is 28.5. The minimum absolute atomic E-state index is 0.0929. The SMILES string of the molecule is C#CC.C=C/C=C\C(=C/C)c1c(C)cc(CO)cc1C.C=NCc1ccc2c(c1)CCC2NC(CC)CC. The molecule has 1 aliphatic rings. The number of nitrogens with one attached hydrogen (secondary N) is 1. The van der Waals surface area contributed by atoms with Gasteiger partial charge in [-0.05, 0) is 105 Å². The van der Waals surface area contributed by atoms with Gasteiger partial charge in [-0.15, -0.1) is 12.3 Å². The Morgan fingerprint density at radius 3 is 2.32 bits per heavy atom. The van der Waals surface area contributed by atoms with Crippen molar-refractivity contribution in [1.29, 1.82) is 0 Å². The lowest BCUT2D eigenvalue weighted by atomic mass is 9.93. The molecule has 0 saturated heterocycles. The smallest absolute Gasteiger partial charge is 0.0682 e. The molecule has 0 amide bonds. The molecule has 1 unspecified atom stereocenters. The molecule has 1 aliphatic carbocycles. The number of benzene rings is 2. The van der Waals surface area contributed by atoms with Crippen LogP contribution in [0.4, 0.5) is 0 Å². The van der Waals surface area contributed by atoms with Crippen molar-refractivity contribution in [2.45, 2.75) is 92.5 Å². The Hall–Kier alpha value is -3.19. The van der Waals surface area contributed by atoms with Crippen LogP contribution in [0.3, 0.4) is 0 Å². The summed E-state index contributed by atoms with van der Waals surface area (Å²) < 4.78 is 0. The number of hydrogen-bond donors (Lipinski definition) is 2. The fourth-order valence-corrected chi connectivity index (χ4v) is 4.98. The lowest BCUT2D eigenvalue weighted by molar-refractivity contribution is 0.281. The van der Waals surface area contributed by atoms with Crippen LogP contribution in [0.1, 0.15) is 91.9 Å². The lowest BCUT2D eigenvalue weighted by Crippen LogP contribution is -2.30. The third kappa shape index (κ3) is 9.93. The fraction of sp³-hybridized carbons (Fsp3) is 0.400. The molecule has 2 N–H and O–H groups in total. The van der Waals surface area contributed by atoms with Gasteiger partial charge in [0, 0.05) is 12.1 Å². The maximum Gasteiger partial charge on any atom is 0.0682 e. The van der Waals surface area contributed by atoms with Crippen molar-refractivity contribution in [1.82, 2.24) is 5.32 Å². The number of nitrogens with zero attached hydrogens (tertiary/aromatic N) is 1. The third-order valence-electron chi connectivity index (χ3n) is 6.79. The van der Waals surface area contributed by atoms with Gasteiger partial charge in [0.25, 0.3) is 0 Å². The second-order valence-corrected chi connectivity index (χ2v) is 9.58. The number of terminal acetylenes is 1. The molecule has 3 heteroatoms. The molecule has 0 spiro atoms. The van der Waals surface area contributed by atoms with Gasteiger partial charge in [-0.1, -0.05) is 75.1 Å². The molecule has 0 saturated carbocycles. The van der Waals surface area contributed by atoms with Crippen LogP contribution in [-0.4, -0.2) is 17.9 Å². The molecule has 0 aliphatic heterocycles. The van der Waals surface area contributed by atoms with E-state index in [1.54, 1.807) is 13.0 Å². The van der Waals surface area contributed by atoms with Crippen molar-refractivity contribution in [3.8, 4) is 12.3 Å². The van der Waals surface area contributed by atoms with Gasteiger partial charge in [0.1, 0.15) is 0 Å². The van der Waals surface area contributed by atoms with Crippen LogP contribution in [0, 0.1) is 26.2 Å². The molecular weight excluding hydrogens is 464 g/mol. The van der Waals surface area contributed by atoms with E-state index in [0.717, 1.165) is 12.1 Å². The van der Waals surface area contributed by atoms with Crippen molar-refractivity contribution < 1.29 is 5.11 Å². The maximum absolute atomic E-state index is 9.17. The second-order valence-electron chi connectivity index (χ2n) is 9.58. The van der Waals surface area contributed by atoms with Crippen molar-refractivity contribution in [2.75, 3.05) is 0 Å². The molecule has 2 aromatic carbocycles. The number of aliphatic hydroxyl groups excluding tert-OH is 1. The number of aliphatic imine (C=N–C) groups is 1. The summed E-state index contributed by atoms with van der Waals surface area (Å²) in [7, 11) is 0. The molecule has 3 nitrogen and oxygen atoms in total. The summed E-state index contributed by atoms with van der Waals surface area (Å²) in [4.78, 5) is 3.96. The molecule has 0 heterocycles. The number of rotatable bonds is 10. The molecule has 2 aromatic rings. The van der Waals surface area contributed by atoms with Crippen molar-refractivity contribution in [3.63, 3.8) is 0 Å². The molecule has 3 rings (SSSR count). The summed E-state index contributed by atoms with van der Waals surface area (Å²) in [6, 6.07) is 12.1. The minimum Gasteiger partial charge on any atom is -0.392 e. The van der Waals surface area contributed by atoms with Gasteiger partial charge >= 0.3 is 0 Å². The van der Waals surface area contributed by atoms with Crippen molar-refractivity contribution >= 4 is 12.3 Å². The molecule has 1 atom stereocenters. The molecule has 0 aromatic heterocycles. The first kappa shape index (κ1) is 32.8. The summed E-state index contributed by atoms with van der Waals surface area (Å²) in [5.74, 6) is 2.25. The Morgan fingerprint density at radius 2 is 1.82 bits per heavy atom. The largest absolute Gasteiger partial charge is 0.392 e. The first-order valence-corrected chi connectivity index (χ1v) is 13.7. The second kappa shape index (κ2) is 18.1. The van der Waals surface area contributed by atoms with Crippen LogP contribution in [0.25, 0.3) is 5.57 Å². The number of aryl methyl sites for hydroxylation is 3. The summed E-state index contributed by atoms with van der Waals surface area (Å²) in [6.07, 6.45) is 17.3. The molecule has 0 fully saturated rings. The van der Waals surface area contributed by atoms with E-state index in [2.05, 4.69) is 94.0 Å². The molecule has 204 valence electrons. The Balaban J connectivity index is 0.000000345. The van der Waals surface area contributed by atoms with E-state index in [4.69, 9.17) is 0 Å². The highest BCUT2D eigenvalue weighted by atomic mass is 16.3. The molecule has 0 radical (unpaired) electrons. The summed E-state index contributed by atoms with van der Waals surface area (Å²) in [5, 5.41) is 13.0. The summed E-state index contributed by atoms with van der Waals surface area (Å²) >= 11 is 0. The van der Waals surface area contributed by atoms with Gasteiger partial charge in [-0.25, -0.2) is 0 Å². The monoisotopic (exact) mass is 512 g/mol. The summed E-state index contributed by atoms with van der Waals surface area (Å²) in [6.45, 7) is 20.4. The fourth-order valence-electron chi connectivity index (χ4n) is 4.98. The van der Waals surface area contributed by atoms with Crippen LogP contribution in [-0.2, 0) is 19.6 Å². The standard InChI is InChI=1S/C16H24N2.C16H20O.C3H4/c1-4-14(5-2)18-16-9-7-13-10-12(11-17-3)6-8-15(13)16;1-5-7-8-15(6-2)16-12(3)9-14(11-17)10-13(16)4;1-3-2/h6,8,10,14,16,18H,3-5,7,9,11H2,1-2H3;5-10,17H,1,11H2,2-4H3;1H,2H3/b;8-7-,15-6+;. The first-order valence-electron chi connectivity index (χ1n) is 13.7. The number of hydrogen-bond acceptors (Lipinski definition) is 3. The van der Waals surface area contributed by atoms with Gasteiger partial charge < -0.3 is 10.4 Å². The number of fused-ring (bicyclic) bond motifs is 1. The average molecular weight is 513 g/mol.